The highest BCUT2D eigenvalue weighted by molar-refractivity contribution is 6.44. The Balaban J connectivity index is 1.51. The molecule has 2 fully saturated rings. The first kappa shape index (κ1) is 18.8. The third-order valence-corrected chi connectivity index (χ3v) is 4.79. The smallest absolute Gasteiger partial charge is 0.326 e. The topological polar surface area (TPSA) is 90.0 Å². The molecule has 0 spiro atoms. The monoisotopic (exact) mass is 370 g/mol. The number of rotatable bonds is 6. The molecule has 8 nitrogen and oxygen atoms in total. The number of hydrogen-bond acceptors (Lipinski definition) is 5. The molecule has 2 saturated heterocycles. The molecule has 0 saturated carbocycles. The molecule has 142 valence electrons. The van der Waals surface area contributed by atoms with Gasteiger partial charge in [0.25, 0.3) is 0 Å². The molecule has 0 unspecified atom stereocenters. The third kappa shape index (κ3) is 4.06. The van der Waals surface area contributed by atoms with Gasteiger partial charge in [-0.05, 0) is 25.0 Å². The number of para-hydroxylation sites is 1. The summed E-state index contributed by atoms with van der Waals surface area (Å²) in [4.78, 5) is 52.3. The fourth-order valence-corrected chi connectivity index (χ4v) is 3.27. The maximum atomic E-state index is 12.4. The van der Waals surface area contributed by atoms with Crippen LogP contribution >= 0.6 is 0 Å². The summed E-state index contributed by atoms with van der Waals surface area (Å²) in [6, 6.07) is 8.66. The van der Waals surface area contributed by atoms with Crippen LogP contribution in [0, 0.1) is 5.92 Å². The Hall–Kier alpha value is -3.00. The summed E-state index contributed by atoms with van der Waals surface area (Å²) in [5.74, 6) is -1.78. The van der Waals surface area contributed by atoms with Gasteiger partial charge in [-0.1, -0.05) is 24.3 Å². The van der Waals surface area contributed by atoms with E-state index in [1.54, 1.807) is 0 Å². The molecule has 0 aromatic heterocycles. The lowest BCUT2D eigenvalue weighted by molar-refractivity contribution is -0.143. The number of anilines is 1. The molecule has 2 aliphatic heterocycles. The van der Waals surface area contributed by atoms with Gasteiger partial charge in [-0.25, -0.2) is 9.69 Å². The average molecular weight is 370 g/mol. The molecule has 0 aliphatic carbocycles. The van der Waals surface area contributed by atoms with Crippen LogP contribution in [0.4, 0.5) is 10.5 Å². The molecule has 0 bridgehead atoms. The maximum Gasteiger partial charge on any atom is 0.335 e. The average Bonchev–Trinajstić information content (AvgIpc) is 2.88. The number of benzene rings is 1. The van der Waals surface area contributed by atoms with Crippen molar-refractivity contribution in [2.75, 3.05) is 31.6 Å². The van der Waals surface area contributed by atoms with Gasteiger partial charge in [0.05, 0.1) is 6.67 Å². The van der Waals surface area contributed by atoms with Crippen molar-refractivity contribution in [2.45, 2.75) is 12.8 Å². The summed E-state index contributed by atoms with van der Waals surface area (Å²) in [5.41, 5.74) is 0.763. The van der Waals surface area contributed by atoms with Crippen LogP contribution in [0.3, 0.4) is 0 Å². The second-order valence-corrected chi connectivity index (χ2v) is 6.61. The molecule has 8 heteroatoms. The van der Waals surface area contributed by atoms with E-state index in [0.29, 0.717) is 25.9 Å². The first-order valence-corrected chi connectivity index (χ1v) is 8.87. The molecular weight excluding hydrogens is 348 g/mol. The zero-order valence-corrected chi connectivity index (χ0v) is 15.0. The van der Waals surface area contributed by atoms with Gasteiger partial charge in [0.15, 0.2) is 0 Å². The molecule has 27 heavy (non-hydrogen) atoms. The Morgan fingerprint density at radius 1 is 1.07 bits per heavy atom. The number of nitrogens with one attached hydrogen (secondary N) is 1. The Morgan fingerprint density at radius 2 is 1.70 bits per heavy atom. The van der Waals surface area contributed by atoms with Gasteiger partial charge in [-0.2, -0.15) is 0 Å². The Kier molecular flexibility index (Phi) is 5.66. The van der Waals surface area contributed by atoms with E-state index in [4.69, 9.17) is 0 Å². The summed E-state index contributed by atoms with van der Waals surface area (Å²) in [7, 11) is 0. The third-order valence-electron chi connectivity index (χ3n) is 4.79. The Morgan fingerprint density at radius 3 is 2.33 bits per heavy atom. The predicted octanol–water partition coefficient (Wildman–Crippen LogP) is 1.27. The van der Waals surface area contributed by atoms with Crippen molar-refractivity contribution in [1.29, 1.82) is 0 Å². The van der Waals surface area contributed by atoms with E-state index in [2.05, 4.69) is 11.9 Å². The molecular formula is C19H22N4O4. The summed E-state index contributed by atoms with van der Waals surface area (Å²) >= 11 is 0. The van der Waals surface area contributed by atoms with Gasteiger partial charge in [-0.3, -0.25) is 24.2 Å². The van der Waals surface area contributed by atoms with Gasteiger partial charge < -0.3 is 5.32 Å². The van der Waals surface area contributed by atoms with Crippen molar-refractivity contribution in [3.8, 4) is 0 Å². The molecule has 0 radical (unpaired) electrons. The van der Waals surface area contributed by atoms with Gasteiger partial charge in [0.2, 0.25) is 5.91 Å². The number of likely N-dealkylation sites (tertiary alicyclic amines) is 1. The van der Waals surface area contributed by atoms with Gasteiger partial charge in [-0.15, -0.1) is 6.58 Å². The van der Waals surface area contributed by atoms with Gasteiger partial charge in [0, 0.05) is 31.2 Å². The zero-order valence-electron chi connectivity index (χ0n) is 15.0. The Bertz CT molecular complexity index is 756. The maximum absolute atomic E-state index is 12.4. The molecule has 1 aromatic carbocycles. The summed E-state index contributed by atoms with van der Waals surface area (Å²) in [5, 5.41) is 2.90. The lowest BCUT2D eigenvalue weighted by Crippen LogP contribution is -2.46. The number of nitrogens with zero attached hydrogens (tertiary/aromatic N) is 3. The number of piperidine rings is 1. The van der Waals surface area contributed by atoms with Crippen LogP contribution in [0.1, 0.15) is 12.8 Å². The SMILES string of the molecule is C=CCN1C(=O)C(=O)N(CN2CCC(C(=O)Nc3ccccc3)CC2)C1=O. The second kappa shape index (κ2) is 8.13. The first-order valence-electron chi connectivity index (χ1n) is 8.87. The highest BCUT2D eigenvalue weighted by Gasteiger charge is 2.44. The van der Waals surface area contributed by atoms with E-state index < -0.39 is 17.8 Å². The van der Waals surface area contributed by atoms with Crippen molar-refractivity contribution in [3.63, 3.8) is 0 Å². The highest BCUT2D eigenvalue weighted by atomic mass is 16.2. The quantitative estimate of drug-likeness (QED) is 0.463. The molecule has 3 rings (SSSR count). The predicted molar refractivity (Wildman–Crippen MR) is 98.4 cm³/mol. The van der Waals surface area contributed by atoms with Crippen LogP contribution in [-0.2, 0) is 14.4 Å². The number of carbonyl (C=O) groups is 4. The molecule has 5 amide bonds. The van der Waals surface area contributed by atoms with Crippen molar-refractivity contribution in [1.82, 2.24) is 14.7 Å². The largest absolute Gasteiger partial charge is 0.335 e. The van der Waals surface area contributed by atoms with E-state index in [-0.39, 0.29) is 25.0 Å². The van der Waals surface area contributed by atoms with Gasteiger partial charge in [0.1, 0.15) is 0 Å². The number of imide groups is 2. The molecule has 1 aromatic rings. The molecule has 0 atom stereocenters. The van der Waals surface area contributed by atoms with Crippen LogP contribution in [0.25, 0.3) is 0 Å². The summed E-state index contributed by atoms with van der Waals surface area (Å²) in [6.45, 7) is 4.70. The minimum Gasteiger partial charge on any atom is -0.326 e. The number of amides is 5. The van der Waals surface area contributed by atoms with Crippen LogP contribution < -0.4 is 5.32 Å². The summed E-state index contributed by atoms with van der Waals surface area (Å²) in [6.07, 6.45) is 2.65. The second-order valence-electron chi connectivity index (χ2n) is 6.61. The van der Waals surface area contributed by atoms with Crippen molar-refractivity contribution in [2.24, 2.45) is 5.92 Å². The normalized spacial score (nSPS) is 18.9. The fraction of sp³-hybridized carbons (Fsp3) is 0.368. The number of carbonyl (C=O) groups excluding carboxylic acids is 4. The number of hydrogen-bond donors (Lipinski definition) is 1. The van der Waals surface area contributed by atoms with Crippen LogP contribution in [0.5, 0.6) is 0 Å². The van der Waals surface area contributed by atoms with Crippen molar-refractivity contribution in [3.05, 3.63) is 43.0 Å². The van der Waals surface area contributed by atoms with Crippen LogP contribution in [0.15, 0.2) is 43.0 Å². The molecule has 2 heterocycles. The fourth-order valence-electron chi connectivity index (χ4n) is 3.27. The lowest BCUT2D eigenvalue weighted by atomic mass is 9.96. The Labute approximate surface area is 157 Å². The van der Waals surface area contributed by atoms with E-state index >= 15 is 0 Å². The van der Waals surface area contributed by atoms with Crippen molar-refractivity contribution >= 4 is 29.4 Å². The first-order chi connectivity index (χ1) is 13.0. The van der Waals surface area contributed by atoms with Gasteiger partial charge >= 0.3 is 17.8 Å². The van der Waals surface area contributed by atoms with E-state index in [1.165, 1.54) is 6.08 Å². The van der Waals surface area contributed by atoms with Crippen molar-refractivity contribution < 1.29 is 19.2 Å². The minimum absolute atomic E-state index is 0.0155. The molecule has 2 aliphatic rings. The van der Waals surface area contributed by atoms with E-state index in [9.17, 15) is 19.2 Å². The van der Waals surface area contributed by atoms with Crippen LogP contribution in [-0.4, -0.2) is 64.8 Å². The molecule has 1 N–H and O–H groups in total. The van der Waals surface area contributed by atoms with E-state index in [0.717, 1.165) is 15.5 Å². The number of urea groups is 1. The lowest BCUT2D eigenvalue weighted by Gasteiger charge is -2.32. The van der Waals surface area contributed by atoms with E-state index in [1.807, 2.05) is 35.2 Å². The summed E-state index contributed by atoms with van der Waals surface area (Å²) < 4.78 is 0. The zero-order chi connectivity index (χ0) is 19.4. The minimum atomic E-state index is -0.822. The standard InChI is InChI=1S/C19H22N4O4/c1-2-10-22-17(25)18(26)23(19(22)27)13-21-11-8-14(9-12-21)16(24)20-15-6-4-3-5-7-15/h2-7,14H,1,8-13H2,(H,20,24). The highest BCUT2D eigenvalue weighted by Crippen LogP contribution is 2.21. The van der Waals surface area contributed by atoms with Crippen LogP contribution in [0.2, 0.25) is 0 Å².